The molecule has 0 bridgehead atoms. The molecule has 0 radical (unpaired) electrons. The molecule has 15 nitrogen and oxygen atoms in total. The van der Waals surface area contributed by atoms with E-state index in [0.29, 0.717) is 79.1 Å². The predicted molar refractivity (Wildman–Crippen MR) is 238 cm³/mol. The summed E-state index contributed by atoms with van der Waals surface area (Å²) in [7, 11) is 0. The smallest absolute Gasteiger partial charge is 0.338 e. The highest BCUT2D eigenvalue weighted by Gasteiger charge is 2.33. The summed E-state index contributed by atoms with van der Waals surface area (Å²) in [4.78, 5) is 70.3. The van der Waals surface area contributed by atoms with Crippen molar-refractivity contribution >= 4 is 47.1 Å². The van der Waals surface area contributed by atoms with Gasteiger partial charge in [-0.3, -0.25) is 14.4 Å². The van der Waals surface area contributed by atoms with Crippen LogP contribution in [0.4, 0.5) is 0 Å². The second-order valence-corrected chi connectivity index (χ2v) is 17.5. The number of rotatable bonds is 20. The summed E-state index contributed by atoms with van der Waals surface area (Å²) in [5, 5.41) is 21.3. The monoisotopic (exact) mass is 884 g/mol. The number of likely N-dealkylation sites (tertiary alicyclic amines) is 1. The van der Waals surface area contributed by atoms with Crippen molar-refractivity contribution in [3.8, 4) is 5.75 Å². The molecule has 3 aliphatic rings. The first-order valence-corrected chi connectivity index (χ1v) is 23.3. The Kier molecular flexibility index (Phi) is 22.4. The molecule has 0 saturated carbocycles. The van der Waals surface area contributed by atoms with E-state index in [1.165, 1.54) is 6.07 Å². The molecule has 1 aromatic rings. The van der Waals surface area contributed by atoms with E-state index < -0.39 is 24.1 Å². The van der Waals surface area contributed by atoms with Crippen molar-refractivity contribution in [2.45, 2.75) is 128 Å². The van der Waals surface area contributed by atoms with Gasteiger partial charge in [-0.1, -0.05) is 44.0 Å². The van der Waals surface area contributed by atoms with Gasteiger partial charge in [0.1, 0.15) is 24.6 Å². The molecule has 3 N–H and O–H groups in total. The number of carbonyl (C=O) groups is 5. The maximum Gasteiger partial charge on any atom is 0.338 e. The minimum atomic E-state index is -0.670. The Bertz CT molecular complexity index is 1710. The maximum absolute atomic E-state index is 13.6. The normalized spacial score (nSPS) is 23.7. The second-order valence-electron chi connectivity index (χ2n) is 16.2. The molecule has 16 heteroatoms. The zero-order valence-electron chi connectivity index (χ0n) is 37.0. The summed E-state index contributed by atoms with van der Waals surface area (Å²) in [6.07, 6.45) is 14.2. The highest BCUT2D eigenvalue weighted by Crippen LogP contribution is 2.35. The maximum atomic E-state index is 13.6. The molecule has 0 spiro atoms. The number of esters is 2. The van der Waals surface area contributed by atoms with Crippen LogP contribution < -0.4 is 10.6 Å². The number of aromatic hydroxyl groups is 1. The van der Waals surface area contributed by atoms with Crippen LogP contribution in [0, 0.1) is 5.92 Å². The van der Waals surface area contributed by atoms with Crippen molar-refractivity contribution in [2.75, 3.05) is 58.4 Å². The Hall–Kier alpha value is -4.41. The Morgan fingerprint density at radius 3 is 2.56 bits per heavy atom. The van der Waals surface area contributed by atoms with E-state index in [-0.39, 0.29) is 68.8 Å². The number of benzene rings is 1. The number of allylic oxidation sites excluding steroid dienone is 1. The van der Waals surface area contributed by atoms with Crippen LogP contribution >= 0.6 is 11.8 Å². The number of fused-ring (bicyclic) bond motifs is 1. The zero-order valence-corrected chi connectivity index (χ0v) is 37.8. The SMILES string of the molecule is CCCc1cc(O)cc2c1C(=O)O[C@H](C)C/C=C/C(OC(=O)COCCOCCNC(=O)CCCCC1SC[C@H](NC(C)=O)[C@@H]1C)C/C=C/C(=N/OCC(=O)N1CCCCC1)C2. The lowest BCUT2D eigenvalue weighted by Crippen LogP contribution is -2.38. The standard InChI is InChI=1S/C46H68N4O11S/c1-5-13-35-27-38(52)28-36-26-37(49-59-29-43(54)50-21-9-6-10-22-50)15-12-17-39(16-11-14-32(2)60-46(56)45(35)36)61-44(55)30-58-25-24-57-23-20-47-42(53)19-8-7-18-41-33(3)40(31-62-41)48-34(4)51/h11-12,15-16,27-28,32-33,39-41,52H,5-10,13-14,17-26,29-31H2,1-4H3,(H,47,53)(H,48,51)/b15-12+,16-11+,49-37-/t32-,33+,39?,40+,41?/m1/s1. The van der Waals surface area contributed by atoms with Gasteiger partial charge in [0.2, 0.25) is 11.8 Å². The van der Waals surface area contributed by atoms with Crippen molar-refractivity contribution in [1.82, 2.24) is 15.5 Å². The van der Waals surface area contributed by atoms with E-state index in [9.17, 15) is 29.1 Å². The van der Waals surface area contributed by atoms with E-state index >= 15 is 0 Å². The van der Waals surface area contributed by atoms with Gasteiger partial charge >= 0.3 is 11.9 Å². The molecule has 3 heterocycles. The average molecular weight is 885 g/mol. The minimum absolute atomic E-state index is 0.00976. The number of piperidine rings is 1. The molecule has 2 fully saturated rings. The number of phenols is 1. The van der Waals surface area contributed by atoms with Crippen LogP contribution in [0.1, 0.15) is 113 Å². The van der Waals surface area contributed by atoms with Crippen molar-refractivity contribution < 1.29 is 52.9 Å². The molecular weight excluding hydrogens is 817 g/mol. The van der Waals surface area contributed by atoms with Crippen molar-refractivity contribution in [3.05, 3.63) is 53.1 Å². The number of hydrogen-bond donors (Lipinski definition) is 3. The number of aryl methyl sites for hydroxylation is 1. The molecule has 2 unspecified atom stereocenters. The minimum Gasteiger partial charge on any atom is -0.508 e. The number of phenolic OH excluding ortho intramolecular Hbond substituents is 1. The van der Waals surface area contributed by atoms with Crippen LogP contribution in [0.15, 0.2) is 41.6 Å². The highest BCUT2D eigenvalue weighted by atomic mass is 32.2. The van der Waals surface area contributed by atoms with Gasteiger partial charge in [-0.25, -0.2) is 9.59 Å². The van der Waals surface area contributed by atoms with Crippen LogP contribution in [-0.4, -0.2) is 127 Å². The Balaban J connectivity index is 1.23. The van der Waals surface area contributed by atoms with Crippen LogP contribution in [0.5, 0.6) is 5.75 Å². The zero-order chi connectivity index (χ0) is 44.7. The number of unbranched alkanes of at least 4 members (excludes halogenated alkanes) is 1. The number of nitrogens with zero attached hydrogens (tertiary/aromatic N) is 2. The molecule has 344 valence electrons. The van der Waals surface area contributed by atoms with Gasteiger partial charge in [0.05, 0.1) is 31.1 Å². The molecule has 62 heavy (non-hydrogen) atoms. The summed E-state index contributed by atoms with van der Waals surface area (Å²) in [5.41, 5.74) is 1.95. The lowest BCUT2D eigenvalue weighted by molar-refractivity contribution is -0.152. The fourth-order valence-corrected chi connectivity index (χ4v) is 9.35. The molecule has 2 saturated heterocycles. The van der Waals surface area contributed by atoms with E-state index in [1.807, 2.05) is 18.7 Å². The lowest BCUT2D eigenvalue weighted by atomic mass is 9.93. The third kappa shape index (κ3) is 18.1. The summed E-state index contributed by atoms with van der Waals surface area (Å²) in [6, 6.07) is 3.33. The fraction of sp³-hybridized carbons (Fsp3) is 0.652. The summed E-state index contributed by atoms with van der Waals surface area (Å²) in [6.45, 7) is 9.43. The number of carbonyl (C=O) groups excluding carboxylic acids is 5. The van der Waals surface area contributed by atoms with E-state index in [4.69, 9.17) is 23.8 Å². The summed E-state index contributed by atoms with van der Waals surface area (Å²) in [5.74, 6) is 0.113. The van der Waals surface area contributed by atoms with Crippen molar-refractivity contribution in [1.29, 1.82) is 0 Å². The molecule has 1 aromatic carbocycles. The number of oxime groups is 1. The van der Waals surface area contributed by atoms with E-state index in [1.54, 1.807) is 49.1 Å². The molecule has 0 aromatic heterocycles. The van der Waals surface area contributed by atoms with Gasteiger partial charge in [-0.2, -0.15) is 11.8 Å². The summed E-state index contributed by atoms with van der Waals surface area (Å²) < 4.78 is 22.7. The Morgan fingerprint density at radius 1 is 1.00 bits per heavy atom. The lowest BCUT2D eigenvalue weighted by Gasteiger charge is -2.26. The molecule has 3 aliphatic heterocycles. The van der Waals surface area contributed by atoms with Crippen molar-refractivity contribution in [3.63, 3.8) is 0 Å². The van der Waals surface area contributed by atoms with Gasteiger partial charge < -0.3 is 44.4 Å². The van der Waals surface area contributed by atoms with Gasteiger partial charge in [0.25, 0.3) is 5.91 Å². The van der Waals surface area contributed by atoms with Crippen molar-refractivity contribution in [2.24, 2.45) is 11.1 Å². The van der Waals surface area contributed by atoms with Gasteiger partial charge in [-0.15, -0.1) is 0 Å². The van der Waals surface area contributed by atoms with E-state index in [0.717, 1.165) is 50.7 Å². The Labute approximate surface area is 371 Å². The number of nitrogens with one attached hydrogen (secondary N) is 2. The third-order valence-electron chi connectivity index (χ3n) is 11.0. The number of cyclic esters (lactones) is 1. The predicted octanol–water partition coefficient (Wildman–Crippen LogP) is 5.60. The quantitative estimate of drug-likeness (QED) is 0.0637. The van der Waals surface area contributed by atoms with Gasteiger partial charge in [0, 0.05) is 69.3 Å². The first kappa shape index (κ1) is 50.2. The number of hydrogen-bond acceptors (Lipinski definition) is 13. The molecular formula is C46H68N4O11S. The number of thioether (sulfide) groups is 1. The number of ether oxygens (including phenoxy) is 4. The van der Waals surface area contributed by atoms with Crippen LogP contribution in [0.2, 0.25) is 0 Å². The third-order valence-corrected chi connectivity index (χ3v) is 12.6. The molecule has 5 atom stereocenters. The topological polar surface area (TPSA) is 191 Å². The van der Waals surface area contributed by atoms with Gasteiger partial charge in [-0.05, 0) is 86.8 Å². The van der Waals surface area contributed by atoms with Crippen LogP contribution in [-0.2, 0) is 55.8 Å². The number of amides is 3. The first-order valence-electron chi connectivity index (χ1n) is 22.3. The molecule has 0 aliphatic carbocycles. The molecule has 3 amide bonds. The first-order chi connectivity index (χ1) is 29.9. The largest absolute Gasteiger partial charge is 0.508 e. The van der Waals surface area contributed by atoms with Crippen LogP contribution in [0.25, 0.3) is 0 Å². The Morgan fingerprint density at radius 2 is 1.79 bits per heavy atom. The summed E-state index contributed by atoms with van der Waals surface area (Å²) >= 11 is 1.90. The van der Waals surface area contributed by atoms with Crippen LogP contribution in [0.3, 0.4) is 0 Å². The van der Waals surface area contributed by atoms with E-state index in [2.05, 4.69) is 22.7 Å². The second kappa shape index (κ2) is 27.6. The van der Waals surface area contributed by atoms with Gasteiger partial charge in [0.15, 0.2) is 6.61 Å². The fourth-order valence-electron chi connectivity index (χ4n) is 7.69. The highest BCUT2D eigenvalue weighted by molar-refractivity contribution is 8.00. The molecule has 4 rings (SSSR count). The average Bonchev–Trinajstić information content (AvgIpc) is 3.57.